The van der Waals surface area contributed by atoms with Crippen molar-refractivity contribution >= 4 is 18.4 Å². The lowest BCUT2D eigenvalue weighted by molar-refractivity contribution is -0.136. The monoisotopic (exact) mass is 193 g/mol. The van der Waals surface area contributed by atoms with E-state index in [-0.39, 0.29) is 24.4 Å². The molecule has 0 amide bonds. The van der Waals surface area contributed by atoms with Crippen molar-refractivity contribution in [3.05, 3.63) is 12.2 Å². The van der Waals surface area contributed by atoms with E-state index in [0.29, 0.717) is 5.57 Å². The normalized spacial score (nSPS) is 11.8. The number of halogens is 1. The first-order valence-corrected chi connectivity index (χ1v) is 3.44. The minimum absolute atomic E-state index is 0. The molecule has 0 aromatic heterocycles. The number of rotatable bonds is 3. The van der Waals surface area contributed by atoms with Crippen molar-refractivity contribution in [3.8, 4) is 0 Å². The Bertz CT molecular complexity index is 168. The van der Waals surface area contributed by atoms with Crippen LogP contribution >= 0.6 is 12.4 Å². The van der Waals surface area contributed by atoms with E-state index in [1.165, 1.54) is 7.11 Å². The van der Waals surface area contributed by atoms with Crippen molar-refractivity contribution in [1.82, 2.24) is 4.90 Å². The summed E-state index contributed by atoms with van der Waals surface area (Å²) in [4.78, 5) is 12.8. The van der Waals surface area contributed by atoms with Gasteiger partial charge in [0.15, 0.2) is 0 Å². The van der Waals surface area contributed by atoms with E-state index in [1.54, 1.807) is 0 Å². The zero-order valence-corrected chi connectivity index (χ0v) is 8.77. The number of carbonyl (C=O) groups is 1. The van der Waals surface area contributed by atoms with Crippen LogP contribution in [0.25, 0.3) is 0 Å². The Morgan fingerprint density at radius 1 is 1.50 bits per heavy atom. The van der Waals surface area contributed by atoms with Crippen LogP contribution in [-0.4, -0.2) is 38.1 Å². The highest BCUT2D eigenvalue weighted by Gasteiger charge is 2.15. The minimum atomic E-state index is -0.341. The maximum atomic E-state index is 10.9. The summed E-state index contributed by atoms with van der Waals surface area (Å²) in [5.74, 6) is -0.341. The zero-order valence-electron chi connectivity index (χ0n) is 7.96. The van der Waals surface area contributed by atoms with Crippen LogP contribution in [0.1, 0.15) is 6.92 Å². The standard InChI is InChI=1S/C8H15NO2.ClH/c1-6(8(10)11-5)7(2)9(3)4;/h7H,1H2,2-5H3;1H. The van der Waals surface area contributed by atoms with E-state index in [0.717, 1.165) is 0 Å². The molecule has 0 saturated carbocycles. The SMILES string of the molecule is C=C(C(=O)OC)C(C)N(C)C.Cl. The third-order valence-corrected chi connectivity index (χ3v) is 1.73. The molecule has 0 N–H and O–H groups in total. The topological polar surface area (TPSA) is 29.5 Å². The van der Waals surface area contributed by atoms with E-state index in [4.69, 9.17) is 0 Å². The molecule has 72 valence electrons. The van der Waals surface area contributed by atoms with Crippen LogP contribution in [0.4, 0.5) is 0 Å². The molecule has 0 bridgehead atoms. The van der Waals surface area contributed by atoms with Gasteiger partial charge in [0.05, 0.1) is 7.11 Å². The second kappa shape index (κ2) is 6.03. The number of esters is 1. The summed E-state index contributed by atoms with van der Waals surface area (Å²) in [5.41, 5.74) is 0.484. The molecule has 0 aliphatic carbocycles. The fraction of sp³-hybridized carbons (Fsp3) is 0.625. The molecule has 0 heterocycles. The zero-order chi connectivity index (χ0) is 9.02. The van der Waals surface area contributed by atoms with Crippen molar-refractivity contribution in [1.29, 1.82) is 0 Å². The Morgan fingerprint density at radius 2 is 1.92 bits per heavy atom. The van der Waals surface area contributed by atoms with Gasteiger partial charge >= 0.3 is 5.97 Å². The Hall–Kier alpha value is -0.540. The molecule has 3 nitrogen and oxygen atoms in total. The molecule has 0 radical (unpaired) electrons. The summed E-state index contributed by atoms with van der Waals surface area (Å²) < 4.78 is 4.52. The van der Waals surface area contributed by atoms with Gasteiger partial charge in [0.25, 0.3) is 0 Å². The van der Waals surface area contributed by atoms with Gasteiger partial charge in [-0.1, -0.05) is 6.58 Å². The molecule has 1 atom stereocenters. The highest BCUT2D eigenvalue weighted by atomic mass is 35.5. The summed E-state index contributed by atoms with van der Waals surface area (Å²) in [5, 5.41) is 0. The lowest BCUT2D eigenvalue weighted by Gasteiger charge is -2.20. The summed E-state index contributed by atoms with van der Waals surface area (Å²) in [7, 11) is 5.13. The summed E-state index contributed by atoms with van der Waals surface area (Å²) >= 11 is 0. The lowest BCUT2D eigenvalue weighted by atomic mass is 10.1. The molecular formula is C8H16ClNO2. The molecule has 1 unspecified atom stereocenters. The van der Waals surface area contributed by atoms with Crippen molar-refractivity contribution in [2.45, 2.75) is 13.0 Å². The van der Waals surface area contributed by atoms with E-state index in [1.807, 2.05) is 25.9 Å². The van der Waals surface area contributed by atoms with Crippen LogP contribution < -0.4 is 0 Å². The average Bonchev–Trinajstić information content (AvgIpc) is 2.00. The van der Waals surface area contributed by atoms with Crippen LogP contribution in [0.15, 0.2) is 12.2 Å². The van der Waals surface area contributed by atoms with Gasteiger partial charge in [-0.3, -0.25) is 0 Å². The number of likely N-dealkylation sites (N-methyl/N-ethyl adjacent to an activating group) is 1. The van der Waals surface area contributed by atoms with Gasteiger partial charge in [-0.2, -0.15) is 0 Å². The van der Waals surface area contributed by atoms with Gasteiger partial charge in [-0.25, -0.2) is 4.79 Å². The molecule has 0 rings (SSSR count). The first kappa shape index (κ1) is 14.0. The average molecular weight is 194 g/mol. The number of hydrogen-bond acceptors (Lipinski definition) is 3. The number of nitrogens with zero attached hydrogens (tertiary/aromatic N) is 1. The maximum Gasteiger partial charge on any atom is 0.334 e. The van der Waals surface area contributed by atoms with Gasteiger partial charge < -0.3 is 9.64 Å². The molecule has 0 aliphatic heterocycles. The minimum Gasteiger partial charge on any atom is -0.466 e. The second-order valence-electron chi connectivity index (χ2n) is 2.66. The smallest absolute Gasteiger partial charge is 0.334 e. The number of methoxy groups -OCH3 is 1. The predicted octanol–water partition coefficient (Wildman–Crippen LogP) is 1.09. The van der Waals surface area contributed by atoms with E-state index < -0.39 is 0 Å². The van der Waals surface area contributed by atoms with Gasteiger partial charge in [0, 0.05) is 11.6 Å². The Kier molecular flexibility index (Phi) is 7.04. The molecule has 0 aromatic carbocycles. The Labute approximate surface area is 79.8 Å². The van der Waals surface area contributed by atoms with Crippen molar-refractivity contribution in [2.24, 2.45) is 0 Å². The van der Waals surface area contributed by atoms with Gasteiger partial charge in [0.2, 0.25) is 0 Å². The van der Waals surface area contributed by atoms with Crippen LogP contribution in [0.2, 0.25) is 0 Å². The maximum absolute atomic E-state index is 10.9. The van der Waals surface area contributed by atoms with Crippen LogP contribution in [0.3, 0.4) is 0 Å². The second-order valence-corrected chi connectivity index (χ2v) is 2.66. The molecular weight excluding hydrogens is 178 g/mol. The number of ether oxygens (including phenoxy) is 1. The van der Waals surface area contributed by atoms with E-state index >= 15 is 0 Å². The molecule has 4 heteroatoms. The molecule has 0 aromatic rings. The lowest BCUT2D eigenvalue weighted by Crippen LogP contribution is -2.30. The fourth-order valence-corrected chi connectivity index (χ4v) is 0.613. The highest BCUT2D eigenvalue weighted by Crippen LogP contribution is 2.05. The van der Waals surface area contributed by atoms with E-state index in [2.05, 4.69) is 11.3 Å². The molecule has 12 heavy (non-hydrogen) atoms. The highest BCUT2D eigenvalue weighted by molar-refractivity contribution is 5.88. The molecule has 0 saturated heterocycles. The van der Waals surface area contributed by atoms with Crippen LogP contribution in [0, 0.1) is 0 Å². The first-order chi connectivity index (χ1) is 5.00. The quantitative estimate of drug-likeness (QED) is 0.497. The van der Waals surface area contributed by atoms with Crippen LogP contribution in [0.5, 0.6) is 0 Å². The van der Waals surface area contributed by atoms with Crippen molar-refractivity contribution in [3.63, 3.8) is 0 Å². The third-order valence-electron chi connectivity index (χ3n) is 1.73. The fourth-order valence-electron chi connectivity index (χ4n) is 0.613. The number of hydrogen-bond donors (Lipinski definition) is 0. The first-order valence-electron chi connectivity index (χ1n) is 3.44. The summed E-state index contributed by atoms with van der Waals surface area (Å²) in [6.45, 7) is 5.53. The molecule has 0 aliphatic rings. The number of carbonyl (C=O) groups excluding carboxylic acids is 1. The van der Waals surface area contributed by atoms with Crippen LogP contribution in [-0.2, 0) is 9.53 Å². The largest absolute Gasteiger partial charge is 0.466 e. The Balaban J connectivity index is 0. The summed E-state index contributed by atoms with van der Waals surface area (Å²) in [6.07, 6.45) is 0. The van der Waals surface area contributed by atoms with Crippen molar-refractivity contribution < 1.29 is 9.53 Å². The van der Waals surface area contributed by atoms with Gasteiger partial charge in [-0.05, 0) is 21.0 Å². The Morgan fingerprint density at radius 3 is 2.17 bits per heavy atom. The van der Waals surface area contributed by atoms with Gasteiger partial charge in [-0.15, -0.1) is 12.4 Å². The summed E-state index contributed by atoms with van der Waals surface area (Å²) in [6, 6.07) is 0.0300. The van der Waals surface area contributed by atoms with Gasteiger partial charge in [0.1, 0.15) is 0 Å². The van der Waals surface area contributed by atoms with E-state index in [9.17, 15) is 4.79 Å². The third kappa shape index (κ3) is 3.74. The van der Waals surface area contributed by atoms with Crippen molar-refractivity contribution in [2.75, 3.05) is 21.2 Å². The molecule has 0 fully saturated rings. The predicted molar refractivity (Wildman–Crippen MR) is 51.6 cm³/mol. The molecule has 0 spiro atoms.